The maximum atomic E-state index is 12.1. The number of ketones is 1. The van der Waals surface area contributed by atoms with Gasteiger partial charge in [0.2, 0.25) is 5.91 Å². The normalized spacial score (nSPS) is 10.4. The first-order chi connectivity index (χ1) is 12.1. The molecule has 25 heavy (non-hydrogen) atoms. The van der Waals surface area contributed by atoms with Crippen LogP contribution < -0.4 is 5.32 Å². The summed E-state index contributed by atoms with van der Waals surface area (Å²) in [4.78, 5) is 32.1. The number of nitrogens with one attached hydrogen (secondary N) is 1. The highest BCUT2D eigenvalue weighted by Gasteiger charge is 2.08. The predicted octanol–water partition coefficient (Wildman–Crippen LogP) is 3.98. The second kappa shape index (κ2) is 7.81. The molecule has 5 nitrogen and oxygen atoms in total. The summed E-state index contributed by atoms with van der Waals surface area (Å²) in [5.41, 5.74) is 3.03. The van der Waals surface area contributed by atoms with Crippen molar-refractivity contribution in [2.45, 2.75) is 19.8 Å². The van der Waals surface area contributed by atoms with Gasteiger partial charge < -0.3 is 5.32 Å². The number of aryl methyl sites for hydroxylation is 1. The van der Waals surface area contributed by atoms with Crippen LogP contribution >= 0.6 is 11.3 Å². The molecule has 0 bridgehead atoms. The van der Waals surface area contributed by atoms with Gasteiger partial charge in [-0.25, -0.2) is 4.98 Å². The van der Waals surface area contributed by atoms with E-state index in [1.807, 2.05) is 23.6 Å². The second-order valence-corrected chi connectivity index (χ2v) is 6.40. The molecule has 1 amide bonds. The molecule has 0 aliphatic rings. The number of rotatable bonds is 6. The van der Waals surface area contributed by atoms with E-state index in [4.69, 9.17) is 0 Å². The van der Waals surface area contributed by atoms with E-state index < -0.39 is 0 Å². The maximum absolute atomic E-state index is 12.1. The fraction of sp³-hybridized carbons (Fsp3) is 0.158. The van der Waals surface area contributed by atoms with Gasteiger partial charge in [-0.2, -0.15) is 0 Å². The Labute approximate surface area is 149 Å². The molecule has 0 unspecified atom stereocenters. The zero-order chi connectivity index (χ0) is 17.6. The first kappa shape index (κ1) is 17.0. The number of aromatic nitrogens is 2. The van der Waals surface area contributed by atoms with Gasteiger partial charge in [-0.3, -0.25) is 14.6 Å². The molecule has 0 spiro atoms. The van der Waals surface area contributed by atoms with E-state index in [-0.39, 0.29) is 11.7 Å². The lowest BCUT2D eigenvalue weighted by Gasteiger charge is -2.05. The van der Waals surface area contributed by atoms with Crippen LogP contribution in [0.25, 0.3) is 10.7 Å². The van der Waals surface area contributed by atoms with E-state index in [2.05, 4.69) is 15.3 Å². The number of Topliss-reactive ketones (excluding diaryl/α,β-unsaturated/α-hetero) is 1. The number of carbonyl (C=O) groups is 2. The van der Waals surface area contributed by atoms with Crippen LogP contribution in [0.15, 0.2) is 54.0 Å². The molecular formula is C19H17N3O2S. The topological polar surface area (TPSA) is 72.0 Å². The lowest BCUT2D eigenvalue weighted by Crippen LogP contribution is -2.12. The molecule has 0 aliphatic heterocycles. The van der Waals surface area contributed by atoms with Gasteiger partial charge in [0.1, 0.15) is 5.01 Å². The summed E-state index contributed by atoms with van der Waals surface area (Å²) < 4.78 is 0. The van der Waals surface area contributed by atoms with Gasteiger partial charge in [0.25, 0.3) is 0 Å². The third-order valence-corrected chi connectivity index (χ3v) is 4.53. The smallest absolute Gasteiger partial charge is 0.224 e. The highest BCUT2D eigenvalue weighted by atomic mass is 32.1. The summed E-state index contributed by atoms with van der Waals surface area (Å²) in [7, 11) is 0. The lowest BCUT2D eigenvalue weighted by atomic mass is 10.1. The Kier molecular flexibility index (Phi) is 5.30. The number of pyridine rings is 1. The number of hydrogen-bond donors (Lipinski definition) is 1. The summed E-state index contributed by atoms with van der Waals surface area (Å²) in [5.74, 6) is -0.0759. The molecule has 0 radical (unpaired) electrons. The number of hydrogen-bond acceptors (Lipinski definition) is 5. The zero-order valence-electron chi connectivity index (χ0n) is 13.7. The van der Waals surface area contributed by atoms with Crippen molar-refractivity contribution in [2.24, 2.45) is 0 Å². The molecule has 0 fully saturated rings. The minimum Gasteiger partial charge on any atom is -0.326 e. The number of nitrogens with zero attached hydrogens (tertiary/aromatic N) is 2. The average molecular weight is 351 g/mol. The number of amides is 1. The maximum Gasteiger partial charge on any atom is 0.224 e. The Morgan fingerprint density at radius 1 is 1.12 bits per heavy atom. The van der Waals surface area contributed by atoms with Gasteiger partial charge in [-0.15, -0.1) is 11.3 Å². The van der Waals surface area contributed by atoms with E-state index in [1.54, 1.807) is 30.5 Å². The molecule has 0 saturated heterocycles. The van der Waals surface area contributed by atoms with Crippen LogP contribution in [0.3, 0.4) is 0 Å². The monoisotopic (exact) mass is 351 g/mol. The van der Waals surface area contributed by atoms with Crippen molar-refractivity contribution >= 4 is 28.7 Å². The fourth-order valence-corrected chi connectivity index (χ4v) is 3.11. The molecule has 0 atom stereocenters. The lowest BCUT2D eigenvalue weighted by molar-refractivity contribution is -0.116. The van der Waals surface area contributed by atoms with Crippen molar-refractivity contribution in [3.05, 3.63) is 65.3 Å². The van der Waals surface area contributed by atoms with Crippen LogP contribution in [0, 0.1) is 0 Å². The molecule has 1 N–H and O–H groups in total. The summed E-state index contributed by atoms with van der Waals surface area (Å²) in [6.07, 6.45) is 2.65. The molecule has 6 heteroatoms. The number of benzene rings is 1. The van der Waals surface area contributed by atoms with Crippen molar-refractivity contribution in [1.29, 1.82) is 0 Å². The average Bonchev–Trinajstić information content (AvgIpc) is 3.10. The van der Waals surface area contributed by atoms with Gasteiger partial charge in [0.05, 0.1) is 11.4 Å². The third-order valence-electron chi connectivity index (χ3n) is 3.62. The van der Waals surface area contributed by atoms with Crippen molar-refractivity contribution in [1.82, 2.24) is 9.97 Å². The van der Waals surface area contributed by atoms with Crippen LogP contribution in [-0.4, -0.2) is 21.7 Å². The van der Waals surface area contributed by atoms with E-state index >= 15 is 0 Å². The minimum absolute atomic E-state index is 0.00474. The van der Waals surface area contributed by atoms with Crippen molar-refractivity contribution in [3.63, 3.8) is 0 Å². The summed E-state index contributed by atoms with van der Waals surface area (Å²) in [6.45, 7) is 1.51. The van der Waals surface area contributed by atoms with Gasteiger partial charge in [0.15, 0.2) is 5.78 Å². The van der Waals surface area contributed by atoms with E-state index in [0.717, 1.165) is 16.4 Å². The Balaban J connectivity index is 1.54. The molecule has 1 aromatic carbocycles. The van der Waals surface area contributed by atoms with E-state index in [1.165, 1.54) is 18.3 Å². The zero-order valence-corrected chi connectivity index (χ0v) is 14.5. The molecule has 0 saturated carbocycles. The van der Waals surface area contributed by atoms with E-state index in [9.17, 15) is 9.59 Å². The third kappa shape index (κ3) is 4.58. The number of carbonyl (C=O) groups excluding carboxylic acids is 2. The number of anilines is 1. The van der Waals surface area contributed by atoms with Crippen molar-refractivity contribution < 1.29 is 9.59 Å². The van der Waals surface area contributed by atoms with Gasteiger partial charge in [-0.05, 0) is 49.7 Å². The highest BCUT2D eigenvalue weighted by molar-refractivity contribution is 7.13. The second-order valence-electron chi connectivity index (χ2n) is 5.54. The van der Waals surface area contributed by atoms with Crippen LogP contribution in [0.2, 0.25) is 0 Å². The predicted molar refractivity (Wildman–Crippen MR) is 98.7 cm³/mol. The Morgan fingerprint density at radius 2 is 1.92 bits per heavy atom. The summed E-state index contributed by atoms with van der Waals surface area (Å²) in [5, 5.41) is 5.64. The van der Waals surface area contributed by atoms with Crippen LogP contribution in [0.4, 0.5) is 5.69 Å². The first-order valence-electron chi connectivity index (χ1n) is 7.88. The van der Waals surface area contributed by atoms with Gasteiger partial charge >= 0.3 is 0 Å². The van der Waals surface area contributed by atoms with Gasteiger partial charge in [-0.1, -0.05) is 6.07 Å². The first-order valence-corrected chi connectivity index (χ1v) is 8.76. The van der Waals surface area contributed by atoms with Crippen molar-refractivity contribution in [3.8, 4) is 10.7 Å². The molecule has 126 valence electrons. The molecule has 2 aromatic heterocycles. The SMILES string of the molecule is CC(=O)c1ccc(NC(=O)CCc2csc(-c3ccccn3)n2)cc1. The fourth-order valence-electron chi connectivity index (χ4n) is 2.28. The molecule has 3 rings (SSSR count). The van der Waals surface area contributed by atoms with Gasteiger partial charge in [0, 0.05) is 29.2 Å². The standard InChI is InChI=1S/C19H17N3O2S/c1-13(23)14-5-7-15(8-6-14)21-18(24)10-9-16-12-25-19(22-16)17-4-2-3-11-20-17/h2-8,11-12H,9-10H2,1H3,(H,21,24). The molecular weight excluding hydrogens is 334 g/mol. The van der Waals surface area contributed by atoms with Crippen molar-refractivity contribution in [2.75, 3.05) is 5.32 Å². The highest BCUT2D eigenvalue weighted by Crippen LogP contribution is 2.22. The van der Waals surface area contributed by atoms with Crippen LogP contribution in [0.5, 0.6) is 0 Å². The molecule has 2 heterocycles. The quantitative estimate of drug-likeness (QED) is 0.682. The number of thiazole rings is 1. The molecule has 3 aromatic rings. The Hall–Kier alpha value is -2.86. The summed E-state index contributed by atoms with van der Waals surface area (Å²) in [6, 6.07) is 12.6. The van der Waals surface area contributed by atoms with Crippen LogP contribution in [0.1, 0.15) is 29.4 Å². The minimum atomic E-state index is -0.0806. The van der Waals surface area contributed by atoms with Crippen LogP contribution in [-0.2, 0) is 11.2 Å². The largest absolute Gasteiger partial charge is 0.326 e. The van der Waals surface area contributed by atoms with E-state index in [0.29, 0.717) is 24.1 Å². The molecule has 0 aliphatic carbocycles. The summed E-state index contributed by atoms with van der Waals surface area (Å²) >= 11 is 1.53. The Morgan fingerprint density at radius 3 is 2.60 bits per heavy atom. The Bertz CT molecular complexity index is 873.